The Morgan fingerprint density at radius 2 is 2.00 bits per heavy atom. The molecule has 0 radical (unpaired) electrons. The largest absolute Gasteiger partial charge is 0.388 e. The molecule has 3 heteroatoms. The Labute approximate surface area is 126 Å². The van der Waals surface area contributed by atoms with E-state index in [0.29, 0.717) is 6.54 Å². The van der Waals surface area contributed by atoms with E-state index in [4.69, 9.17) is 0 Å². The molecule has 1 fully saturated rings. The summed E-state index contributed by atoms with van der Waals surface area (Å²) in [5, 5.41) is 16.4. The van der Waals surface area contributed by atoms with E-state index < -0.39 is 5.60 Å². The molecule has 21 heavy (non-hydrogen) atoms. The van der Waals surface area contributed by atoms with Crippen LogP contribution in [0.25, 0.3) is 10.8 Å². The lowest BCUT2D eigenvalue weighted by Crippen LogP contribution is -2.40. The van der Waals surface area contributed by atoms with Crippen molar-refractivity contribution in [3.63, 3.8) is 0 Å². The summed E-state index contributed by atoms with van der Waals surface area (Å²) in [6.07, 6.45) is 7.11. The van der Waals surface area contributed by atoms with Crippen molar-refractivity contribution in [2.45, 2.75) is 44.6 Å². The molecule has 3 rings (SSSR count). The van der Waals surface area contributed by atoms with Crippen molar-refractivity contribution in [3.05, 3.63) is 36.5 Å². The smallest absolute Gasteiger partial charge is 0.133 e. The van der Waals surface area contributed by atoms with Gasteiger partial charge < -0.3 is 10.4 Å². The van der Waals surface area contributed by atoms with Crippen molar-refractivity contribution >= 4 is 16.6 Å². The van der Waals surface area contributed by atoms with Crippen molar-refractivity contribution in [2.75, 3.05) is 11.9 Å². The number of anilines is 1. The molecule has 0 amide bonds. The number of aromatic nitrogens is 1. The van der Waals surface area contributed by atoms with E-state index >= 15 is 0 Å². The van der Waals surface area contributed by atoms with Gasteiger partial charge in [-0.25, -0.2) is 4.98 Å². The number of pyridine rings is 1. The molecular formula is C18H24N2O. The van der Waals surface area contributed by atoms with Gasteiger partial charge in [-0.1, -0.05) is 37.6 Å². The van der Waals surface area contributed by atoms with Crippen LogP contribution in [0, 0.1) is 5.92 Å². The van der Waals surface area contributed by atoms with Crippen molar-refractivity contribution < 1.29 is 5.11 Å². The highest BCUT2D eigenvalue weighted by Gasteiger charge is 2.32. The van der Waals surface area contributed by atoms with Gasteiger partial charge in [-0.05, 0) is 43.1 Å². The van der Waals surface area contributed by atoms with Crippen LogP contribution in [0.15, 0.2) is 36.5 Å². The minimum atomic E-state index is -0.579. The number of hydrogen-bond acceptors (Lipinski definition) is 3. The van der Waals surface area contributed by atoms with Crippen LogP contribution in [-0.4, -0.2) is 22.2 Å². The second-order valence-electron chi connectivity index (χ2n) is 6.31. The van der Waals surface area contributed by atoms with Gasteiger partial charge in [-0.2, -0.15) is 0 Å². The molecular weight excluding hydrogens is 260 g/mol. The van der Waals surface area contributed by atoms with E-state index in [2.05, 4.69) is 29.4 Å². The van der Waals surface area contributed by atoms with E-state index in [1.807, 2.05) is 24.4 Å². The third-order valence-corrected chi connectivity index (χ3v) is 4.87. The summed E-state index contributed by atoms with van der Waals surface area (Å²) in [7, 11) is 0. The number of rotatable bonds is 4. The second-order valence-corrected chi connectivity index (χ2v) is 6.31. The molecule has 1 aromatic heterocycles. The monoisotopic (exact) mass is 284 g/mol. The van der Waals surface area contributed by atoms with Gasteiger partial charge in [0.1, 0.15) is 5.82 Å². The number of nitrogens with zero attached hydrogens (tertiary/aromatic N) is 1. The number of benzene rings is 1. The lowest BCUT2D eigenvalue weighted by atomic mass is 9.78. The van der Waals surface area contributed by atoms with Gasteiger partial charge in [0.05, 0.1) is 5.60 Å². The molecule has 2 N–H and O–H groups in total. The maximum atomic E-state index is 10.7. The lowest BCUT2D eigenvalue weighted by molar-refractivity contribution is 0.00225. The van der Waals surface area contributed by atoms with Gasteiger partial charge in [-0.15, -0.1) is 0 Å². The summed E-state index contributed by atoms with van der Waals surface area (Å²) in [4.78, 5) is 4.43. The Morgan fingerprint density at radius 3 is 2.76 bits per heavy atom. The fraction of sp³-hybridized carbons (Fsp3) is 0.500. The molecule has 2 aromatic rings. The van der Waals surface area contributed by atoms with Crippen LogP contribution in [0.4, 0.5) is 5.82 Å². The minimum Gasteiger partial charge on any atom is -0.388 e. The molecule has 0 bridgehead atoms. The molecule has 1 saturated carbocycles. The van der Waals surface area contributed by atoms with Crippen LogP contribution < -0.4 is 5.32 Å². The normalized spacial score (nSPS) is 25.9. The standard InChI is InChI=1S/C18H24N2O/c1-2-14-7-10-18(21,11-8-14)13-20-17-16-6-4-3-5-15(16)9-12-19-17/h3-6,9,12,14,21H,2,7-8,10-11,13H2,1H3,(H,19,20). The number of aliphatic hydroxyl groups is 1. The van der Waals surface area contributed by atoms with Gasteiger partial charge in [0.15, 0.2) is 0 Å². The Kier molecular flexibility index (Phi) is 4.11. The number of hydrogen-bond donors (Lipinski definition) is 2. The first-order valence-electron chi connectivity index (χ1n) is 8.00. The SMILES string of the molecule is CCC1CCC(O)(CNc2nccc3ccccc23)CC1. The summed E-state index contributed by atoms with van der Waals surface area (Å²) >= 11 is 0. The molecule has 0 saturated heterocycles. The highest BCUT2D eigenvalue weighted by atomic mass is 16.3. The van der Waals surface area contributed by atoms with E-state index in [0.717, 1.165) is 42.8 Å². The van der Waals surface area contributed by atoms with Crippen molar-refractivity contribution in [1.82, 2.24) is 4.98 Å². The summed E-state index contributed by atoms with van der Waals surface area (Å²) in [5.74, 6) is 1.67. The van der Waals surface area contributed by atoms with Crippen LogP contribution in [-0.2, 0) is 0 Å². The molecule has 1 aliphatic carbocycles. The highest BCUT2D eigenvalue weighted by molar-refractivity contribution is 5.91. The van der Waals surface area contributed by atoms with Gasteiger partial charge in [0.25, 0.3) is 0 Å². The lowest BCUT2D eigenvalue weighted by Gasteiger charge is -2.36. The van der Waals surface area contributed by atoms with E-state index in [1.54, 1.807) is 0 Å². The second kappa shape index (κ2) is 6.02. The van der Waals surface area contributed by atoms with Crippen LogP contribution in [0.3, 0.4) is 0 Å². The van der Waals surface area contributed by atoms with Crippen molar-refractivity contribution in [2.24, 2.45) is 5.92 Å². The zero-order valence-electron chi connectivity index (χ0n) is 12.7. The van der Waals surface area contributed by atoms with Crippen LogP contribution in [0.5, 0.6) is 0 Å². The summed E-state index contributed by atoms with van der Waals surface area (Å²) in [6, 6.07) is 10.2. The molecule has 0 spiro atoms. The molecule has 0 unspecified atom stereocenters. The average molecular weight is 284 g/mol. The van der Waals surface area contributed by atoms with Gasteiger partial charge in [0.2, 0.25) is 0 Å². The average Bonchev–Trinajstić information content (AvgIpc) is 2.54. The number of fused-ring (bicyclic) bond motifs is 1. The Balaban J connectivity index is 1.69. The zero-order chi connectivity index (χ0) is 14.7. The minimum absolute atomic E-state index is 0.579. The fourth-order valence-electron chi connectivity index (χ4n) is 3.31. The maximum Gasteiger partial charge on any atom is 0.133 e. The summed E-state index contributed by atoms with van der Waals surface area (Å²) in [5.41, 5.74) is -0.579. The highest BCUT2D eigenvalue weighted by Crippen LogP contribution is 2.34. The zero-order valence-corrected chi connectivity index (χ0v) is 12.7. The first-order valence-corrected chi connectivity index (χ1v) is 8.00. The van der Waals surface area contributed by atoms with Crippen molar-refractivity contribution in [3.8, 4) is 0 Å². The molecule has 1 aliphatic rings. The Morgan fingerprint density at radius 1 is 1.24 bits per heavy atom. The Hall–Kier alpha value is -1.61. The fourth-order valence-corrected chi connectivity index (χ4v) is 3.31. The van der Waals surface area contributed by atoms with E-state index in [-0.39, 0.29) is 0 Å². The third-order valence-electron chi connectivity index (χ3n) is 4.87. The first kappa shape index (κ1) is 14.3. The molecule has 0 atom stereocenters. The van der Waals surface area contributed by atoms with Crippen LogP contribution >= 0.6 is 0 Å². The molecule has 1 heterocycles. The van der Waals surface area contributed by atoms with Crippen molar-refractivity contribution in [1.29, 1.82) is 0 Å². The first-order chi connectivity index (χ1) is 10.2. The topological polar surface area (TPSA) is 45.1 Å². The summed E-state index contributed by atoms with van der Waals surface area (Å²) in [6.45, 7) is 2.83. The predicted octanol–water partition coefficient (Wildman–Crippen LogP) is 3.98. The molecule has 1 aromatic carbocycles. The Bertz CT molecular complexity index is 598. The van der Waals surface area contributed by atoms with Gasteiger partial charge >= 0.3 is 0 Å². The van der Waals surface area contributed by atoms with E-state index in [9.17, 15) is 5.11 Å². The van der Waals surface area contributed by atoms with E-state index in [1.165, 1.54) is 11.8 Å². The predicted molar refractivity (Wildman–Crippen MR) is 87.4 cm³/mol. The summed E-state index contributed by atoms with van der Waals surface area (Å²) < 4.78 is 0. The van der Waals surface area contributed by atoms with Crippen LogP contribution in [0.2, 0.25) is 0 Å². The maximum absolute atomic E-state index is 10.7. The quantitative estimate of drug-likeness (QED) is 0.892. The third kappa shape index (κ3) is 3.18. The van der Waals surface area contributed by atoms with Crippen LogP contribution in [0.1, 0.15) is 39.0 Å². The molecule has 3 nitrogen and oxygen atoms in total. The number of nitrogens with one attached hydrogen (secondary N) is 1. The van der Waals surface area contributed by atoms with Gasteiger partial charge in [0, 0.05) is 18.1 Å². The molecule has 112 valence electrons. The molecule has 0 aliphatic heterocycles. The van der Waals surface area contributed by atoms with Gasteiger partial charge in [-0.3, -0.25) is 0 Å².